The molecule has 0 saturated carbocycles. The van der Waals surface area contributed by atoms with E-state index in [1.165, 1.54) is 11.3 Å². The van der Waals surface area contributed by atoms with Gasteiger partial charge in [0.05, 0.1) is 4.88 Å². The van der Waals surface area contributed by atoms with Gasteiger partial charge in [-0.05, 0) is 54.1 Å². The Bertz CT molecular complexity index is 921. The Morgan fingerprint density at radius 2 is 1.69 bits per heavy atom. The second kappa shape index (κ2) is 8.16. The van der Waals surface area contributed by atoms with E-state index in [1.54, 1.807) is 24.3 Å². The zero-order valence-electron chi connectivity index (χ0n) is 13.6. The molecule has 0 bridgehead atoms. The van der Waals surface area contributed by atoms with Gasteiger partial charge >= 0.3 is 0 Å². The van der Waals surface area contributed by atoms with Crippen molar-refractivity contribution in [2.45, 2.75) is 0 Å². The number of nitrogens with one attached hydrogen (secondary N) is 1. The summed E-state index contributed by atoms with van der Waals surface area (Å²) in [6.45, 7) is -0.181. The van der Waals surface area contributed by atoms with Crippen LogP contribution in [-0.4, -0.2) is 18.4 Å². The molecule has 5 nitrogen and oxygen atoms in total. The standard InChI is InChI=1S/C19H15BrN2O3S/c20-13-3-1-12(2-4-13)16-9-10-17(26-16)19(24)22-14-5-7-15(8-6-14)25-11-18(21)23/h1-10H,11H2,(H2,21,23)(H,22,24). The van der Waals surface area contributed by atoms with Gasteiger partial charge in [-0.3, -0.25) is 9.59 Å². The highest BCUT2D eigenvalue weighted by Crippen LogP contribution is 2.29. The fourth-order valence-electron chi connectivity index (χ4n) is 2.21. The van der Waals surface area contributed by atoms with Crippen molar-refractivity contribution in [2.24, 2.45) is 5.73 Å². The number of anilines is 1. The zero-order valence-corrected chi connectivity index (χ0v) is 16.0. The van der Waals surface area contributed by atoms with Crippen molar-refractivity contribution in [3.05, 3.63) is 70.0 Å². The summed E-state index contributed by atoms with van der Waals surface area (Å²) in [6, 6.07) is 18.4. The minimum absolute atomic E-state index is 0.177. The summed E-state index contributed by atoms with van der Waals surface area (Å²) in [7, 11) is 0. The van der Waals surface area contributed by atoms with Crippen LogP contribution in [-0.2, 0) is 4.79 Å². The molecule has 2 amide bonds. The van der Waals surface area contributed by atoms with Gasteiger partial charge in [0.1, 0.15) is 5.75 Å². The van der Waals surface area contributed by atoms with Crippen LogP contribution < -0.4 is 15.8 Å². The molecule has 0 atom stereocenters. The molecule has 0 fully saturated rings. The van der Waals surface area contributed by atoms with E-state index >= 15 is 0 Å². The van der Waals surface area contributed by atoms with Gasteiger partial charge in [-0.1, -0.05) is 28.1 Å². The molecular weight excluding hydrogens is 416 g/mol. The summed E-state index contributed by atoms with van der Waals surface area (Å²) in [6.07, 6.45) is 0. The Morgan fingerprint density at radius 3 is 2.35 bits per heavy atom. The first-order valence-corrected chi connectivity index (χ1v) is 9.30. The van der Waals surface area contributed by atoms with Gasteiger partial charge in [-0.25, -0.2) is 0 Å². The van der Waals surface area contributed by atoms with Crippen molar-refractivity contribution in [3.8, 4) is 16.2 Å². The van der Waals surface area contributed by atoms with Crippen LogP contribution >= 0.6 is 27.3 Å². The Kier molecular flexibility index (Phi) is 5.70. The Labute approximate surface area is 162 Å². The third-order valence-corrected chi connectivity index (χ3v) is 5.11. The number of rotatable bonds is 6. The van der Waals surface area contributed by atoms with E-state index in [0.717, 1.165) is 14.9 Å². The zero-order chi connectivity index (χ0) is 18.5. The highest BCUT2D eigenvalue weighted by atomic mass is 79.9. The maximum absolute atomic E-state index is 12.4. The van der Waals surface area contributed by atoms with E-state index in [-0.39, 0.29) is 12.5 Å². The smallest absolute Gasteiger partial charge is 0.265 e. The Balaban J connectivity index is 1.65. The average Bonchev–Trinajstić information content (AvgIpc) is 3.12. The van der Waals surface area contributed by atoms with E-state index in [1.807, 2.05) is 36.4 Å². The fraction of sp³-hybridized carbons (Fsp3) is 0.0526. The van der Waals surface area contributed by atoms with Crippen molar-refractivity contribution in [2.75, 3.05) is 11.9 Å². The molecule has 1 aromatic heterocycles. The molecule has 0 radical (unpaired) electrons. The highest BCUT2D eigenvalue weighted by molar-refractivity contribution is 9.10. The van der Waals surface area contributed by atoms with Crippen LogP contribution in [0, 0.1) is 0 Å². The topological polar surface area (TPSA) is 81.4 Å². The van der Waals surface area contributed by atoms with Crippen molar-refractivity contribution in [1.29, 1.82) is 0 Å². The molecule has 0 spiro atoms. The molecule has 3 rings (SSSR count). The van der Waals surface area contributed by atoms with Crippen LogP contribution in [0.25, 0.3) is 10.4 Å². The van der Waals surface area contributed by atoms with Crippen LogP contribution in [0.4, 0.5) is 5.69 Å². The lowest BCUT2D eigenvalue weighted by Gasteiger charge is -2.06. The lowest BCUT2D eigenvalue weighted by atomic mass is 10.2. The molecule has 0 saturated heterocycles. The summed E-state index contributed by atoms with van der Waals surface area (Å²) in [4.78, 5) is 24.8. The molecule has 0 unspecified atom stereocenters. The number of thiophene rings is 1. The van der Waals surface area contributed by atoms with Gasteiger partial charge in [0, 0.05) is 15.0 Å². The number of nitrogens with two attached hydrogens (primary N) is 1. The Hall–Kier alpha value is -2.64. The number of hydrogen-bond donors (Lipinski definition) is 2. The van der Waals surface area contributed by atoms with Gasteiger partial charge in [0.15, 0.2) is 6.61 Å². The maximum Gasteiger partial charge on any atom is 0.265 e. The second-order valence-electron chi connectivity index (χ2n) is 5.40. The normalized spacial score (nSPS) is 10.3. The van der Waals surface area contributed by atoms with Crippen molar-refractivity contribution >= 4 is 44.8 Å². The van der Waals surface area contributed by atoms with Gasteiger partial charge in [0.25, 0.3) is 11.8 Å². The average molecular weight is 431 g/mol. The van der Waals surface area contributed by atoms with Crippen LogP contribution in [0.5, 0.6) is 5.75 Å². The number of carbonyl (C=O) groups excluding carboxylic acids is 2. The number of hydrogen-bond acceptors (Lipinski definition) is 4. The number of primary amides is 1. The first-order valence-electron chi connectivity index (χ1n) is 7.69. The summed E-state index contributed by atoms with van der Waals surface area (Å²) >= 11 is 4.84. The van der Waals surface area contributed by atoms with Crippen LogP contribution in [0.2, 0.25) is 0 Å². The molecule has 0 aliphatic carbocycles. The van der Waals surface area contributed by atoms with Gasteiger partial charge in [0.2, 0.25) is 0 Å². The second-order valence-corrected chi connectivity index (χ2v) is 7.40. The lowest BCUT2D eigenvalue weighted by Crippen LogP contribution is -2.20. The maximum atomic E-state index is 12.4. The molecule has 26 heavy (non-hydrogen) atoms. The third-order valence-electron chi connectivity index (χ3n) is 3.45. The van der Waals surface area contributed by atoms with E-state index in [0.29, 0.717) is 16.3 Å². The number of halogens is 1. The SMILES string of the molecule is NC(=O)COc1ccc(NC(=O)c2ccc(-c3ccc(Br)cc3)s2)cc1. The summed E-state index contributed by atoms with van der Waals surface area (Å²) in [5, 5.41) is 2.84. The van der Waals surface area contributed by atoms with E-state index in [2.05, 4.69) is 21.2 Å². The van der Waals surface area contributed by atoms with Crippen LogP contribution in [0.3, 0.4) is 0 Å². The Morgan fingerprint density at radius 1 is 1.00 bits per heavy atom. The van der Waals surface area contributed by atoms with Crippen LogP contribution in [0.1, 0.15) is 9.67 Å². The predicted octanol–water partition coefficient (Wildman–Crippen LogP) is 4.29. The molecule has 3 aromatic rings. The van der Waals surface area contributed by atoms with Gasteiger partial charge in [-0.2, -0.15) is 0 Å². The number of amides is 2. The summed E-state index contributed by atoms with van der Waals surface area (Å²) < 4.78 is 6.20. The largest absolute Gasteiger partial charge is 0.484 e. The lowest BCUT2D eigenvalue weighted by molar-refractivity contribution is -0.119. The quantitative estimate of drug-likeness (QED) is 0.611. The first-order chi connectivity index (χ1) is 12.5. The van der Waals surface area contributed by atoms with E-state index < -0.39 is 5.91 Å². The monoisotopic (exact) mass is 430 g/mol. The van der Waals surface area contributed by atoms with Crippen molar-refractivity contribution < 1.29 is 14.3 Å². The number of carbonyl (C=O) groups is 2. The minimum Gasteiger partial charge on any atom is -0.484 e. The molecule has 0 aliphatic rings. The predicted molar refractivity (Wildman–Crippen MR) is 107 cm³/mol. The molecule has 1 heterocycles. The van der Waals surface area contributed by atoms with Gasteiger partial charge in [-0.15, -0.1) is 11.3 Å². The minimum atomic E-state index is -0.540. The third kappa shape index (κ3) is 4.71. The molecule has 2 aromatic carbocycles. The number of benzene rings is 2. The fourth-order valence-corrected chi connectivity index (χ4v) is 3.38. The number of ether oxygens (including phenoxy) is 1. The molecule has 0 aliphatic heterocycles. The molecular formula is C19H15BrN2O3S. The van der Waals surface area contributed by atoms with Crippen molar-refractivity contribution in [1.82, 2.24) is 0 Å². The van der Waals surface area contributed by atoms with Gasteiger partial charge < -0.3 is 15.8 Å². The molecule has 7 heteroatoms. The summed E-state index contributed by atoms with van der Waals surface area (Å²) in [5.41, 5.74) is 6.73. The van der Waals surface area contributed by atoms with E-state index in [4.69, 9.17) is 10.5 Å². The molecule has 132 valence electrons. The van der Waals surface area contributed by atoms with E-state index in [9.17, 15) is 9.59 Å². The van der Waals surface area contributed by atoms with Crippen molar-refractivity contribution in [3.63, 3.8) is 0 Å². The highest BCUT2D eigenvalue weighted by Gasteiger charge is 2.11. The van der Waals surface area contributed by atoms with Crippen LogP contribution in [0.15, 0.2) is 65.1 Å². The summed E-state index contributed by atoms with van der Waals surface area (Å²) in [5.74, 6) is -0.207. The first kappa shape index (κ1) is 18.2. The molecule has 3 N–H and O–H groups in total.